The van der Waals surface area contributed by atoms with E-state index in [0.29, 0.717) is 15.9 Å². The summed E-state index contributed by atoms with van der Waals surface area (Å²) in [7, 11) is 0. The molecule has 0 unspecified atom stereocenters. The van der Waals surface area contributed by atoms with Gasteiger partial charge in [0.05, 0.1) is 10.2 Å². The van der Waals surface area contributed by atoms with E-state index >= 15 is 0 Å². The Morgan fingerprint density at radius 3 is 2.82 bits per heavy atom. The second-order valence-electron chi connectivity index (χ2n) is 3.54. The van der Waals surface area contributed by atoms with Crippen LogP contribution < -0.4 is 10.5 Å². The summed E-state index contributed by atoms with van der Waals surface area (Å²) < 4.78 is 19.2. The van der Waals surface area contributed by atoms with Gasteiger partial charge in [-0.25, -0.2) is 4.39 Å². The van der Waals surface area contributed by atoms with E-state index in [1.165, 1.54) is 12.1 Å². The summed E-state index contributed by atoms with van der Waals surface area (Å²) in [5, 5.41) is 0. The van der Waals surface area contributed by atoms with Crippen LogP contribution in [0, 0.1) is 12.7 Å². The smallest absolute Gasteiger partial charge is 0.153 e. The van der Waals surface area contributed by atoms with Gasteiger partial charge in [-0.15, -0.1) is 0 Å². The van der Waals surface area contributed by atoms with Crippen LogP contribution in [-0.4, -0.2) is 4.98 Å². The molecule has 0 aliphatic rings. The lowest BCUT2D eigenvalue weighted by Crippen LogP contribution is -1.94. The Labute approximate surface area is 107 Å². The third kappa shape index (κ3) is 2.74. The standard InChI is InChI=1S/C12H10BrFN2O/c1-7-4-8(2-3-16-7)17-12-6-10(14)9(13)5-11(12)15/h2-6H,15H2,1H3. The topological polar surface area (TPSA) is 48.1 Å². The average Bonchev–Trinajstić information content (AvgIpc) is 2.26. The summed E-state index contributed by atoms with van der Waals surface area (Å²) in [4.78, 5) is 4.04. The van der Waals surface area contributed by atoms with Crippen molar-refractivity contribution in [2.24, 2.45) is 0 Å². The number of hydrogen-bond donors (Lipinski definition) is 1. The van der Waals surface area contributed by atoms with Crippen molar-refractivity contribution in [1.82, 2.24) is 4.98 Å². The first-order valence-corrected chi connectivity index (χ1v) is 5.70. The molecule has 2 N–H and O–H groups in total. The number of ether oxygens (including phenoxy) is 1. The summed E-state index contributed by atoms with van der Waals surface area (Å²) in [6.07, 6.45) is 1.62. The number of nitrogens with zero attached hydrogens (tertiary/aromatic N) is 1. The van der Waals surface area contributed by atoms with Gasteiger partial charge in [0, 0.05) is 24.0 Å². The van der Waals surface area contributed by atoms with Gasteiger partial charge >= 0.3 is 0 Å². The number of aryl methyl sites for hydroxylation is 1. The van der Waals surface area contributed by atoms with Crippen molar-refractivity contribution in [2.75, 3.05) is 5.73 Å². The van der Waals surface area contributed by atoms with Crippen LogP contribution >= 0.6 is 15.9 Å². The molecule has 0 spiro atoms. The quantitative estimate of drug-likeness (QED) is 0.860. The largest absolute Gasteiger partial charge is 0.455 e. The molecule has 2 rings (SSSR count). The Kier molecular flexibility index (Phi) is 3.28. The fourth-order valence-electron chi connectivity index (χ4n) is 1.34. The molecular weight excluding hydrogens is 287 g/mol. The fraction of sp³-hybridized carbons (Fsp3) is 0.0833. The molecule has 0 saturated heterocycles. The predicted molar refractivity (Wildman–Crippen MR) is 67.6 cm³/mol. The third-order valence-corrected chi connectivity index (χ3v) is 2.76. The number of anilines is 1. The molecule has 1 aromatic heterocycles. The second-order valence-corrected chi connectivity index (χ2v) is 4.39. The summed E-state index contributed by atoms with van der Waals surface area (Å²) in [6, 6.07) is 6.15. The molecule has 0 aliphatic carbocycles. The molecule has 5 heteroatoms. The SMILES string of the molecule is Cc1cc(Oc2cc(F)c(Br)cc2N)ccn1. The molecule has 17 heavy (non-hydrogen) atoms. The van der Waals surface area contributed by atoms with Crippen molar-refractivity contribution in [3.05, 3.63) is 46.4 Å². The van der Waals surface area contributed by atoms with E-state index in [-0.39, 0.29) is 5.75 Å². The first-order valence-electron chi connectivity index (χ1n) is 4.91. The van der Waals surface area contributed by atoms with Crippen LogP contribution in [0.2, 0.25) is 0 Å². The Hall–Kier alpha value is -1.62. The maximum absolute atomic E-state index is 13.3. The molecule has 0 amide bonds. The van der Waals surface area contributed by atoms with Gasteiger partial charge in [0.15, 0.2) is 5.75 Å². The van der Waals surface area contributed by atoms with Crippen LogP contribution in [0.3, 0.4) is 0 Å². The maximum atomic E-state index is 13.3. The first-order chi connectivity index (χ1) is 8.06. The minimum absolute atomic E-state index is 0.288. The molecule has 1 aromatic carbocycles. The Bertz CT molecular complexity index is 560. The molecule has 0 saturated carbocycles. The average molecular weight is 297 g/mol. The van der Waals surface area contributed by atoms with Gasteiger partial charge in [-0.05, 0) is 35.0 Å². The van der Waals surface area contributed by atoms with Crippen molar-refractivity contribution in [3.63, 3.8) is 0 Å². The van der Waals surface area contributed by atoms with Crippen molar-refractivity contribution < 1.29 is 9.13 Å². The number of benzene rings is 1. The number of halogens is 2. The summed E-state index contributed by atoms with van der Waals surface area (Å²) in [5.41, 5.74) is 6.93. The van der Waals surface area contributed by atoms with Gasteiger partial charge in [0.1, 0.15) is 11.6 Å². The van der Waals surface area contributed by atoms with Gasteiger partial charge in [-0.2, -0.15) is 0 Å². The highest BCUT2D eigenvalue weighted by Crippen LogP contribution is 2.31. The highest BCUT2D eigenvalue weighted by Gasteiger charge is 2.08. The van der Waals surface area contributed by atoms with Crippen LogP contribution in [0.5, 0.6) is 11.5 Å². The Morgan fingerprint density at radius 1 is 1.35 bits per heavy atom. The normalized spacial score (nSPS) is 10.3. The van der Waals surface area contributed by atoms with Gasteiger partial charge in [-0.1, -0.05) is 0 Å². The van der Waals surface area contributed by atoms with Gasteiger partial charge < -0.3 is 10.5 Å². The lowest BCUT2D eigenvalue weighted by molar-refractivity contribution is 0.477. The Balaban J connectivity index is 2.33. The van der Waals surface area contributed by atoms with Crippen molar-refractivity contribution in [2.45, 2.75) is 6.92 Å². The number of aromatic nitrogens is 1. The van der Waals surface area contributed by atoms with Gasteiger partial charge in [-0.3, -0.25) is 4.98 Å². The zero-order valence-electron chi connectivity index (χ0n) is 9.08. The molecule has 0 atom stereocenters. The monoisotopic (exact) mass is 296 g/mol. The number of rotatable bonds is 2. The van der Waals surface area contributed by atoms with Crippen LogP contribution in [0.25, 0.3) is 0 Å². The van der Waals surface area contributed by atoms with E-state index in [2.05, 4.69) is 20.9 Å². The van der Waals surface area contributed by atoms with Crippen LogP contribution in [0.1, 0.15) is 5.69 Å². The summed E-state index contributed by atoms with van der Waals surface area (Å²) >= 11 is 3.06. The number of pyridine rings is 1. The zero-order chi connectivity index (χ0) is 12.4. The number of hydrogen-bond acceptors (Lipinski definition) is 3. The predicted octanol–water partition coefficient (Wildman–Crippen LogP) is 3.67. The van der Waals surface area contributed by atoms with E-state index in [4.69, 9.17) is 10.5 Å². The highest BCUT2D eigenvalue weighted by molar-refractivity contribution is 9.10. The molecule has 2 aromatic rings. The summed E-state index contributed by atoms with van der Waals surface area (Å²) in [5.74, 6) is 0.446. The van der Waals surface area contributed by atoms with E-state index in [1.54, 1.807) is 18.3 Å². The third-order valence-electron chi connectivity index (χ3n) is 2.15. The van der Waals surface area contributed by atoms with Crippen LogP contribution in [0.15, 0.2) is 34.9 Å². The van der Waals surface area contributed by atoms with E-state index in [9.17, 15) is 4.39 Å². The maximum Gasteiger partial charge on any atom is 0.153 e. The first kappa shape index (κ1) is 11.9. The van der Waals surface area contributed by atoms with Crippen molar-refractivity contribution in [3.8, 4) is 11.5 Å². The molecule has 1 heterocycles. The van der Waals surface area contributed by atoms with Gasteiger partial charge in [0.2, 0.25) is 0 Å². The second kappa shape index (κ2) is 4.71. The van der Waals surface area contributed by atoms with E-state index in [1.807, 2.05) is 6.92 Å². The number of nitrogens with two attached hydrogens (primary N) is 1. The molecular formula is C12H10BrFN2O. The lowest BCUT2D eigenvalue weighted by atomic mass is 10.3. The molecule has 0 fully saturated rings. The number of nitrogen functional groups attached to an aromatic ring is 1. The minimum atomic E-state index is -0.417. The van der Waals surface area contributed by atoms with Gasteiger partial charge in [0.25, 0.3) is 0 Å². The molecule has 3 nitrogen and oxygen atoms in total. The molecule has 0 aliphatic heterocycles. The van der Waals surface area contributed by atoms with E-state index < -0.39 is 5.82 Å². The molecule has 0 bridgehead atoms. The Morgan fingerprint density at radius 2 is 2.12 bits per heavy atom. The zero-order valence-corrected chi connectivity index (χ0v) is 10.7. The van der Waals surface area contributed by atoms with Crippen molar-refractivity contribution >= 4 is 21.6 Å². The van der Waals surface area contributed by atoms with Crippen molar-refractivity contribution in [1.29, 1.82) is 0 Å². The lowest BCUT2D eigenvalue weighted by Gasteiger charge is -2.09. The minimum Gasteiger partial charge on any atom is -0.455 e. The van der Waals surface area contributed by atoms with E-state index in [0.717, 1.165) is 5.69 Å². The summed E-state index contributed by atoms with van der Waals surface area (Å²) in [6.45, 7) is 1.85. The fourth-order valence-corrected chi connectivity index (χ4v) is 1.70. The van der Waals surface area contributed by atoms with Crippen LogP contribution in [0.4, 0.5) is 10.1 Å². The molecule has 88 valence electrons. The highest BCUT2D eigenvalue weighted by atomic mass is 79.9. The van der Waals surface area contributed by atoms with Crippen LogP contribution in [-0.2, 0) is 0 Å². The molecule has 0 radical (unpaired) electrons.